The number of ether oxygens (including phenoxy) is 7. The minimum atomic E-state index is -1.15. The minimum absolute atomic E-state index is 0.214. The van der Waals surface area contributed by atoms with Crippen LogP contribution in [0.3, 0.4) is 0 Å². The summed E-state index contributed by atoms with van der Waals surface area (Å²) in [7, 11) is 0. The third-order valence-electron chi connectivity index (χ3n) is 10.4. The van der Waals surface area contributed by atoms with Crippen molar-refractivity contribution in [1.29, 1.82) is 0 Å². The predicted octanol–water partition coefficient (Wildman–Crippen LogP) is 10.4. The van der Waals surface area contributed by atoms with Crippen molar-refractivity contribution in [3.63, 3.8) is 0 Å². The van der Waals surface area contributed by atoms with Crippen LogP contribution in [0, 0.1) is 0 Å². The Kier molecular flexibility index (Phi) is 25.5. The average Bonchev–Trinajstić information content (AvgIpc) is 3.38. The van der Waals surface area contributed by atoms with Gasteiger partial charge in [0.05, 0.1) is 55.5 Å². The molecule has 4 rings (SSSR count). The molecule has 0 spiro atoms. The van der Waals surface area contributed by atoms with Crippen molar-refractivity contribution in [2.24, 2.45) is 10.2 Å². The van der Waals surface area contributed by atoms with Crippen LogP contribution >= 0.6 is 0 Å². The zero-order chi connectivity index (χ0) is 49.3. The summed E-state index contributed by atoms with van der Waals surface area (Å²) in [4.78, 5) is 61.9. The maximum absolute atomic E-state index is 13.4. The van der Waals surface area contributed by atoms with Crippen molar-refractivity contribution >= 4 is 42.3 Å². The molecule has 366 valence electrons. The van der Waals surface area contributed by atoms with Gasteiger partial charge in [0.2, 0.25) is 0 Å². The Labute approximate surface area is 405 Å². The van der Waals surface area contributed by atoms with E-state index < -0.39 is 49.2 Å². The fourth-order valence-electron chi connectivity index (χ4n) is 6.43. The molecule has 0 radical (unpaired) electrons. The first-order valence-electron chi connectivity index (χ1n) is 23.5. The fourth-order valence-corrected chi connectivity index (χ4v) is 6.43. The first-order valence-corrected chi connectivity index (χ1v) is 23.5. The van der Waals surface area contributed by atoms with Gasteiger partial charge in [0.25, 0.3) is 0 Å². The van der Waals surface area contributed by atoms with Crippen LogP contribution < -0.4 is 9.47 Å². The van der Waals surface area contributed by atoms with E-state index >= 15 is 0 Å². The number of rotatable bonds is 33. The van der Waals surface area contributed by atoms with Gasteiger partial charge < -0.3 is 33.2 Å². The Bertz CT molecular complexity index is 2160. The molecule has 0 unspecified atom stereocenters. The molecule has 0 saturated carbocycles. The number of unbranched alkanes of at least 4 members (excludes halogenated alkanes) is 8. The molecule has 0 aliphatic carbocycles. The summed E-state index contributed by atoms with van der Waals surface area (Å²) in [6.07, 6.45) is 15.7. The fraction of sp³-hybridized carbons (Fsp3) is 0.364. The number of aryl methyl sites for hydroxylation is 1. The molecule has 0 N–H and O–H groups in total. The normalized spacial score (nSPS) is 11.0. The van der Waals surface area contributed by atoms with Crippen molar-refractivity contribution in [3.05, 3.63) is 156 Å². The Morgan fingerprint density at radius 1 is 0.478 bits per heavy atom. The number of carbonyl (C=O) groups is 5. The largest absolute Gasteiger partial charge is 0.494 e. The first-order chi connectivity index (χ1) is 33.7. The molecule has 0 fully saturated rings. The van der Waals surface area contributed by atoms with E-state index in [2.05, 4.69) is 42.4 Å². The highest BCUT2D eigenvalue weighted by Gasteiger charge is 2.22. The van der Waals surface area contributed by atoms with Gasteiger partial charge in [-0.2, -0.15) is 10.2 Å². The maximum atomic E-state index is 13.4. The molecule has 0 heterocycles. The summed E-state index contributed by atoms with van der Waals surface area (Å²) < 4.78 is 38.4. The molecular formula is C55H64N2O12. The SMILES string of the molecule is C=CC(=O)OCCCCCCOc1ccc(C(=O)OCC(COC(=O)c2ccc(OCCCCCCOC(=O)C=C)cc2)OC(=O)c2ccc(/C=N/N=C/c3ccc(CCCCC)cc3)cc2)cc1. The smallest absolute Gasteiger partial charge is 0.338 e. The van der Waals surface area contributed by atoms with Gasteiger partial charge in [-0.1, -0.05) is 69.3 Å². The lowest BCUT2D eigenvalue weighted by atomic mass is 10.1. The van der Waals surface area contributed by atoms with Crippen LogP contribution in [0.1, 0.15) is 125 Å². The van der Waals surface area contributed by atoms with Crippen molar-refractivity contribution in [2.45, 2.75) is 90.1 Å². The molecule has 0 aliphatic rings. The summed E-state index contributed by atoms with van der Waals surface area (Å²) in [6, 6.07) is 27.6. The van der Waals surface area contributed by atoms with Gasteiger partial charge in [-0.3, -0.25) is 0 Å². The van der Waals surface area contributed by atoms with Crippen molar-refractivity contribution in [3.8, 4) is 11.5 Å². The van der Waals surface area contributed by atoms with Gasteiger partial charge in [-0.25, -0.2) is 24.0 Å². The molecule has 0 saturated heterocycles. The quantitative estimate of drug-likeness (QED) is 0.0111. The second kappa shape index (κ2) is 32.4. The number of hydrogen-bond acceptors (Lipinski definition) is 14. The number of hydrogen-bond donors (Lipinski definition) is 0. The molecule has 0 aromatic heterocycles. The van der Waals surface area contributed by atoms with Crippen LogP contribution in [0.2, 0.25) is 0 Å². The van der Waals surface area contributed by atoms with E-state index in [0.29, 0.717) is 43.5 Å². The Morgan fingerprint density at radius 3 is 1.32 bits per heavy atom. The summed E-state index contributed by atoms with van der Waals surface area (Å²) in [6.45, 7) is 9.78. The van der Waals surface area contributed by atoms with Gasteiger partial charge in [0.15, 0.2) is 6.10 Å². The number of benzene rings is 4. The lowest BCUT2D eigenvalue weighted by Gasteiger charge is -2.18. The van der Waals surface area contributed by atoms with Crippen LogP contribution in [0.15, 0.2) is 133 Å². The number of nitrogens with zero attached hydrogens (tertiary/aromatic N) is 2. The van der Waals surface area contributed by atoms with Gasteiger partial charge >= 0.3 is 29.8 Å². The molecular weight excluding hydrogens is 881 g/mol. The second-order valence-electron chi connectivity index (χ2n) is 15.9. The summed E-state index contributed by atoms with van der Waals surface area (Å²) >= 11 is 0. The lowest BCUT2D eigenvalue weighted by molar-refractivity contribution is -0.138. The molecule has 0 amide bonds. The van der Waals surface area contributed by atoms with E-state index in [-0.39, 0.29) is 16.7 Å². The molecule has 0 bridgehead atoms. The Hall–Kier alpha value is -7.35. The summed E-state index contributed by atoms with van der Waals surface area (Å²) in [5, 5.41) is 8.30. The van der Waals surface area contributed by atoms with Crippen LogP contribution in [0.4, 0.5) is 0 Å². The molecule has 4 aromatic rings. The zero-order valence-electron chi connectivity index (χ0n) is 39.6. The van der Waals surface area contributed by atoms with Gasteiger partial charge in [0, 0.05) is 12.2 Å². The highest BCUT2D eigenvalue weighted by Crippen LogP contribution is 2.17. The van der Waals surface area contributed by atoms with Crippen LogP contribution in [-0.2, 0) is 39.7 Å². The number of carbonyl (C=O) groups excluding carboxylic acids is 5. The maximum Gasteiger partial charge on any atom is 0.338 e. The van der Waals surface area contributed by atoms with Crippen LogP contribution in [-0.4, -0.2) is 88.0 Å². The molecule has 14 heteroatoms. The predicted molar refractivity (Wildman–Crippen MR) is 264 cm³/mol. The van der Waals surface area contributed by atoms with E-state index in [4.69, 9.17) is 33.2 Å². The number of esters is 5. The molecule has 0 aliphatic heterocycles. The van der Waals surface area contributed by atoms with Gasteiger partial charge in [0.1, 0.15) is 24.7 Å². The van der Waals surface area contributed by atoms with Crippen LogP contribution in [0.25, 0.3) is 0 Å². The third-order valence-corrected chi connectivity index (χ3v) is 10.4. The Balaban J connectivity index is 1.29. The molecule has 14 nitrogen and oxygen atoms in total. The highest BCUT2D eigenvalue weighted by atomic mass is 16.6. The average molecular weight is 945 g/mol. The zero-order valence-corrected chi connectivity index (χ0v) is 39.6. The Morgan fingerprint density at radius 2 is 0.884 bits per heavy atom. The van der Waals surface area contributed by atoms with Crippen molar-refractivity contribution < 1.29 is 57.1 Å². The van der Waals surface area contributed by atoms with Crippen molar-refractivity contribution in [1.82, 2.24) is 0 Å². The van der Waals surface area contributed by atoms with E-state index in [1.165, 1.54) is 24.8 Å². The van der Waals surface area contributed by atoms with E-state index in [9.17, 15) is 24.0 Å². The van der Waals surface area contributed by atoms with Gasteiger partial charge in [-0.05, 0) is 142 Å². The minimum Gasteiger partial charge on any atom is -0.494 e. The van der Waals surface area contributed by atoms with E-state index in [0.717, 1.165) is 75.5 Å². The highest BCUT2D eigenvalue weighted by molar-refractivity contribution is 5.92. The van der Waals surface area contributed by atoms with E-state index in [1.54, 1.807) is 85.2 Å². The summed E-state index contributed by atoms with van der Waals surface area (Å²) in [5.41, 5.74) is 3.62. The second-order valence-corrected chi connectivity index (χ2v) is 15.9. The molecule has 69 heavy (non-hydrogen) atoms. The first kappa shape index (κ1) is 54.3. The van der Waals surface area contributed by atoms with E-state index in [1.807, 2.05) is 12.1 Å². The van der Waals surface area contributed by atoms with Crippen LogP contribution in [0.5, 0.6) is 11.5 Å². The molecule has 0 atom stereocenters. The molecule has 4 aromatic carbocycles. The topological polar surface area (TPSA) is 175 Å². The summed E-state index contributed by atoms with van der Waals surface area (Å²) in [5.74, 6) is -1.79. The van der Waals surface area contributed by atoms with Crippen molar-refractivity contribution in [2.75, 3.05) is 39.6 Å². The monoisotopic (exact) mass is 944 g/mol. The van der Waals surface area contributed by atoms with Gasteiger partial charge in [-0.15, -0.1) is 0 Å². The lowest BCUT2D eigenvalue weighted by Crippen LogP contribution is -2.31. The third kappa shape index (κ3) is 22.3. The standard InChI is InChI=1S/C55H64N2O12/c1-4-7-12-17-42-18-20-43(21-19-42)38-56-57-39-44-22-24-47(25-23-44)55(62)69-50(40-67-53(60)45-26-30-48(31-27-45)63-34-13-8-10-15-36-65-51(58)5-2)41-68-54(61)46-28-32-49(33-29-46)64-35-14-9-11-16-37-66-52(59)6-3/h5-6,18-33,38-39,50H,2-4,7-17,34-37,40-41H2,1H3/b56-38+,57-39+.